The van der Waals surface area contributed by atoms with Gasteiger partial charge in [-0.1, -0.05) is 0 Å². The number of rotatable bonds is 2. The van der Waals surface area contributed by atoms with Gasteiger partial charge >= 0.3 is 0 Å². The van der Waals surface area contributed by atoms with Gasteiger partial charge < -0.3 is 14.2 Å². The molecule has 1 unspecified atom stereocenters. The molecule has 11 heavy (non-hydrogen) atoms. The molecule has 1 aliphatic heterocycles. The molecule has 3 heteroatoms. The summed E-state index contributed by atoms with van der Waals surface area (Å²) in [5, 5.41) is 0. The summed E-state index contributed by atoms with van der Waals surface area (Å²) in [5.74, 6) is 1.18. The van der Waals surface area contributed by atoms with Crippen LogP contribution in [0.15, 0.2) is 17.8 Å². The zero-order valence-electron chi connectivity index (χ0n) is 6.88. The fourth-order valence-corrected chi connectivity index (χ4v) is 0.807. The highest BCUT2D eigenvalue weighted by molar-refractivity contribution is 5.19. The summed E-state index contributed by atoms with van der Waals surface area (Å²) in [5.41, 5.74) is 0. The zero-order chi connectivity index (χ0) is 8.27. The molecule has 0 bridgehead atoms. The molecule has 0 saturated heterocycles. The van der Waals surface area contributed by atoms with E-state index in [-0.39, 0.29) is 6.10 Å². The van der Waals surface area contributed by atoms with Crippen molar-refractivity contribution in [2.45, 2.75) is 13.0 Å². The van der Waals surface area contributed by atoms with Crippen LogP contribution < -0.4 is 0 Å². The molecule has 0 aliphatic carbocycles. The lowest BCUT2D eigenvalue weighted by molar-refractivity contribution is 0.132. The first kappa shape index (κ1) is 7.98. The lowest BCUT2D eigenvalue weighted by Crippen LogP contribution is -2.11. The molecule has 0 aromatic rings. The average Bonchev–Trinajstić information content (AvgIpc) is 2.04. The van der Waals surface area contributed by atoms with Gasteiger partial charge in [0.15, 0.2) is 11.5 Å². The molecule has 1 aliphatic rings. The van der Waals surface area contributed by atoms with Gasteiger partial charge in [0.05, 0.1) is 14.2 Å². The highest BCUT2D eigenvalue weighted by atomic mass is 16.5. The zero-order valence-corrected chi connectivity index (χ0v) is 6.88. The van der Waals surface area contributed by atoms with Gasteiger partial charge in [-0.3, -0.25) is 0 Å². The number of methoxy groups -OCH3 is 2. The Labute approximate surface area is 66.2 Å². The van der Waals surface area contributed by atoms with Gasteiger partial charge in [-0.05, 0) is 6.92 Å². The minimum atomic E-state index is -0.0659. The Hall–Kier alpha value is -1.12. The SMILES string of the molecule is COC1=[C]C(C)OC=C1OC. The van der Waals surface area contributed by atoms with Gasteiger partial charge in [0.1, 0.15) is 12.4 Å². The maximum atomic E-state index is 5.11. The first-order chi connectivity index (χ1) is 5.27. The van der Waals surface area contributed by atoms with Crippen LogP contribution in [0.5, 0.6) is 0 Å². The summed E-state index contributed by atoms with van der Waals surface area (Å²) in [6.07, 6.45) is 4.41. The van der Waals surface area contributed by atoms with Crippen molar-refractivity contribution in [2.24, 2.45) is 0 Å². The molecular weight excluding hydrogens is 144 g/mol. The standard InChI is InChI=1S/C8H11O3/c1-6-4-7(9-2)8(10-3)5-11-6/h5-6H,1-3H3. The predicted octanol–water partition coefficient (Wildman–Crippen LogP) is 1.23. The van der Waals surface area contributed by atoms with E-state index in [4.69, 9.17) is 14.2 Å². The molecule has 0 amide bonds. The van der Waals surface area contributed by atoms with E-state index in [1.165, 1.54) is 6.26 Å². The van der Waals surface area contributed by atoms with Crippen molar-refractivity contribution in [3.8, 4) is 0 Å². The van der Waals surface area contributed by atoms with Crippen molar-refractivity contribution in [2.75, 3.05) is 14.2 Å². The van der Waals surface area contributed by atoms with Crippen molar-refractivity contribution in [3.63, 3.8) is 0 Å². The topological polar surface area (TPSA) is 27.7 Å². The fourth-order valence-electron chi connectivity index (χ4n) is 0.807. The number of ether oxygens (including phenoxy) is 3. The Kier molecular flexibility index (Phi) is 2.41. The quantitative estimate of drug-likeness (QED) is 0.600. The molecule has 61 valence electrons. The third-order valence-electron chi connectivity index (χ3n) is 1.36. The van der Waals surface area contributed by atoms with Crippen LogP contribution in [0.1, 0.15) is 6.92 Å². The summed E-state index contributed by atoms with van der Waals surface area (Å²) < 4.78 is 15.1. The molecule has 0 fully saturated rings. The van der Waals surface area contributed by atoms with Crippen LogP contribution in [0.2, 0.25) is 0 Å². The van der Waals surface area contributed by atoms with Gasteiger partial charge in [-0.25, -0.2) is 0 Å². The van der Waals surface area contributed by atoms with Crippen molar-refractivity contribution in [3.05, 3.63) is 23.9 Å². The van der Waals surface area contributed by atoms with Crippen molar-refractivity contribution in [1.82, 2.24) is 0 Å². The van der Waals surface area contributed by atoms with Crippen LogP contribution in [0.3, 0.4) is 0 Å². The summed E-state index contributed by atoms with van der Waals surface area (Å²) >= 11 is 0. The molecule has 3 nitrogen and oxygen atoms in total. The molecule has 0 aromatic carbocycles. The monoisotopic (exact) mass is 155 g/mol. The minimum Gasteiger partial charge on any atom is -0.492 e. The van der Waals surface area contributed by atoms with Gasteiger partial charge in [0.2, 0.25) is 0 Å². The van der Waals surface area contributed by atoms with Crippen LogP contribution in [0.25, 0.3) is 0 Å². The number of hydrogen-bond donors (Lipinski definition) is 0. The highest BCUT2D eigenvalue weighted by Gasteiger charge is 2.14. The molecule has 0 aromatic heterocycles. The summed E-state index contributed by atoms with van der Waals surface area (Å²) in [6.45, 7) is 1.88. The van der Waals surface area contributed by atoms with Crippen LogP contribution in [-0.4, -0.2) is 20.3 Å². The van der Waals surface area contributed by atoms with E-state index in [1.54, 1.807) is 14.2 Å². The summed E-state index contributed by atoms with van der Waals surface area (Å²) in [4.78, 5) is 0. The van der Waals surface area contributed by atoms with Crippen LogP contribution >= 0.6 is 0 Å². The Bertz CT molecular complexity index is 194. The second kappa shape index (κ2) is 3.32. The number of hydrogen-bond acceptors (Lipinski definition) is 3. The summed E-state index contributed by atoms with van der Waals surface area (Å²) in [6, 6.07) is 0. The predicted molar refractivity (Wildman–Crippen MR) is 39.4 cm³/mol. The normalized spacial score (nSPS) is 23.0. The largest absolute Gasteiger partial charge is 0.492 e. The van der Waals surface area contributed by atoms with Gasteiger partial charge in [0, 0.05) is 6.08 Å². The second-order valence-corrected chi connectivity index (χ2v) is 2.14. The first-order valence-corrected chi connectivity index (χ1v) is 3.35. The maximum absolute atomic E-state index is 5.11. The smallest absolute Gasteiger partial charge is 0.196 e. The van der Waals surface area contributed by atoms with Crippen LogP contribution in [0, 0.1) is 6.08 Å². The Balaban J connectivity index is 2.74. The Morgan fingerprint density at radius 2 is 2.18 bits per heavy atom. The minimum absolute atomic E-state index is 0.0659. The molecule has 1 rings (SSSR count). The Morgan fingerprint density at radius 3 is 2.73 bits per heavy atom. The maximum Gasteiger partial charge on any atom is 0.196 e. The van der Waals surface area contributed by atoms with Crippen molar-refractivity contribution >= 4 is 0 Å². The highest BCUT2D eigenvalue weighted by Crippen LogP contribution is 2.17. The average molecular weight is 155 g/mol. The van der Waals surface area contributed by atoms with Gasteiger partial charge in [0.25, 0.3) is 0 Å². The fraction of sp³-hybridized carbons (Fsp3) is 0.500. The second-order valence-electron chi connectivity index (χ2n) is 2.14. The molecule has 0 spiro atoms. The van der Waals surface area contributed by atoms with E-state index < -0.39 is 0 Å². The first-order valence-electron chi connectivity index (χ1n) is 3.35. The van der Waals surface area contributed by atoms with Gasteiger partial charge in [-0.2, -0.15) is 0 Å². The van der Waals surface area contributed by atoms with Gasteiger partial charge in [-0.15, -0.1) is 0 Å². The lowest BCUT2D eigenvalue weighted by Gasteiger charge is -2.17. The van der Waals surface area contributed by atoms with E-state index in [0.29, 0.717) is 11.5 Å². The molecular formula is C8H11O3. The molecule has 0 N–H and O–H groups in total. The third kappa shape index (κ3) is 1.67. The molecule has 1 radical (unpaired) electrons. The Morgan fingerprint density at radius 1 is 1.45 bits per heavy atom. The van der Waals surface area contributed by atoms with E-state index in [9.17, 15) is 0 Å². The molecule has 1 atom stereocenters. The molecule has 0 saturated carbocycles. The summed E-state index contributed by atoms with van der Waals surface area (Å²) in [7, 11) is 3.14. The van der Waals surface area contributed by atoms with E-state index in [0.717, 1.165) is 0 Å². The molecule has 1 heterocycles. The van der Waals surface area contributed by atoms with E-state index >= 15 is 0 Å². The van der Waals surface area contributed by atoms with Crippen LogP contribution in [0.4, 0.5) is 0 Å². The van der Waals surface area contributed by atoms with E-state index in [1.807, 2.05) is 6.92 Å². The van der Waals surface area contributed by atoms with E-state index in [2.05, 4.69) is 6.08 Å². The lowest BCUT2D eigenvalue weighted by atomic mass is 10.2. The van der Waals surface area contributed by atoms with Crippen LogP contribution in [-0.2, 0) is 14.2 Å². The van der Waals surface area contributed by atoms with Crippen molar-refractivity contribution < 1.29 is 14.2 Å². The third-order valence-corrected chi connectivity index (χ3v) is 1.36. The van der Waals surface area contributed by atoms with Crippen molar-refractivity contribution in [1.29, 1.82) is 0 Å².